The number of carbonyl (C=O) groups is 1. The molecule has 0 saturated carbocycles. The topological polar surface area (TPSA) is 41.9 Å². The maximum Gasteiger partial charge on any atom is 0.197 e. The summed E-state index contributed by atoms with van der Waals surface area (Å²) in [7, 11) is 3.44. The van der Waals surface area contributed by atoms with Gasteiger partial charge in [-0.25, -0.2) is 0 Å². The fourth-order valence-electron chi connectivity index (χ4n) is 2.23. The second-order valence-electron chi connectivity index (χ2n) is 4.91. The molecule has 0 radical (unpaired) electrons. The minimum absolute atomic E-state index is 0.0461. The predicted molar refractivity (Wildman–Crippen MR) is 89.4 cm³/mol. The molecule has 0 bridgehead atoms. The van der Waals surface area contributed by atoms with E-state index < -0.39 is 0 Å². The molecule has 1 atom stereocenters. The lowest BCUT2D eigenvalue weighted by Crippen LogP contribution is -2.28. The van der Waals surface area contributed by atoms with E-state index >= 15 is 0 Å². The van der Waals surface area contributed by atoms with Crippen molar-refractivity contribution in [3.05, 3.63) is 65.7 Å². The number of ether oxygens (including phenoxy) is 1. The van der Waals surface area contributed by atoms with Gasteiger partial charge in [-0.3, -0.25) is 9.80 Å². The molecule has 2 aromatic carbocycles. The first-order valence-corrected chi connectivity index (χ1v) is 7.79. The number of hydrogen-bond acceptors (Lipinski definition) is 5. The lowest BCUT2D eigenvalue weighted by molar-refractivity contribution is 0.0930. The second kappa shape index (κ2) is 6.23. The molecule has 0 aromatic heterocycles. The molecule has 3 rings (SSSR count). The Morgan fingerprint density at radius 1 is 1.14 bits per heavy atom. The third-order valence-electron chi connectivity index (χ3n) is 3.43. The first-order chi connectivity index (χ1) is 10.7. The van der Waals surface area contributed by atoms with Gasteiger partial charge in [-0.1, -0.05) is 42.1 Å². The first-order valence-electron chi connectivity index (χ1n) is 6.91. The van der Waals surface area contributed by atoms with E-state index in [1.165, 1.54) is 11.8 Å². The van der Waals surface area contributed by atoms with Crippen molar-refractivity contribution in [2.45, 2.75) is 5.37 Å². The molecule has 0 amide bonds. The fraction of sp³-hybridized carbons (Fsp3) is 0.176. The van der Waals surface area contributed by atoms with Crippen molar-refractivity contribution < 1.29 is 9.53 Å². The lowest BCUT2D eigenvalue weighted by atomic mass is 10.1. The highest BCUT2D eigenvalue weighted by atomic mass is 32.2. The zero-order valence-corrected chi connectivity index (χ0v) is 13.2. The molecular weight excluding hydrogens is 296 g/mol. The Bertz CT molecular complexity index is 698. The number of ketones is 1. The highest BCUT2D eigenvalue weighted by Gasteiger charge is 2.32. The van der Waals surface area contributed by atoms with Crippen LogP contribution in [0.4, 0.5) is 0 Å². The summed E-state index contributed by atoms with van der Waals surface area (Å²) in [5, 5.41) is 6.75. The summed E-state index contributed by atoms with van der Waals surface area (Å²) in [5.41, 5.74) is 1.69. The van der Waals surface area contributed by atoms with E-state index in [1.54, 1.807) is 36.4 Å². The minimum atomic E-state index is -0.330. The summed E-state index contributed by atoms with van der Waals surface area (Å²) in [5.74, 6) is 0.787. The molecule has 1 aliphatic rings. The van der Waals surface area contributed by atoms with Gasteiger partial charge >= 0.3 is 0 Å². The predicted octanol–water partition coefficient (Wildman–Crippen LogP) is 3.24. The highest BCUT2D eigenvalue weighted by Crippen LogP contribution is 2.31. The fourth-order valence-corrected chi connectivity index (χ4v) is 3.33. The Hall–Kier alpha value is -2.27. The van der Waals surface area contributed by atoms with Gasteiger partial charge in [-0.2, -0.15) is 5.10 Å². The van der Waals surface area contributed by atoms with Crippen LogP contribution in [0.1, 0.15) is 15.9 Å². The molecule has 0 aliphatic carbocycles. The zero-order chi connectivity index (χ0) is 15.5. The zero-order valence-electron chi connectivity index (χ0n) is 12.4. The van der Waals surface area contributed by atoms with Crippen LogP contribution in [0.15, 0.2) is 59.7 Å². The standard InChI is InChI=1S/C17H16N2O2S/c1-19-17(15(20)12-8-10-14(21-2)11-9-12)22-16(18-19)13-6-4-3-5-7-13/h3-11,17H,1-2H3. The Balaban J connectivity index is 1.77. The molecule has 0 N–H and O–H groups in total. The van der Waals surface area contributed by atoms with Crippen molar-refractivity contribution in [3.8, 4) is 5.75 Å². The molecule has 0 saturated heterocycles. The lowest BCUT2D eigenvalue weighted by Gasteiger charge is -2.16. The van der Waals surface area contributed by atoms with Crippen LogP contribution in [0.5, 0.6) is 5.75 Å². The molecule has 0 fully saturated rings. The molecule has 5 heteroatoms. The van der Waals surface area contributed by atoms with Gasteiger partial charge in [-0.05, 0) is 24.3 Å². The van der Waals surface area contributed by atoms with Crippen molar-refractivity contribution >= 4 is 22.6 Å². The van der Waals surface area contributed by atoms with Crippen LogP contribution >= 0.6 is 11.8 Å². The van der Waals surface area contributed by atoms with E-state index in [4.69, 9.17) is 4.74 Å². The molecular formula is C17H16N2O2S. The number of Topliss-reactive ketones (excluding diaryl/α,β-unsaturated/α-hetero) is 1. The van der Waals surface area contributed by atoms with E-state index in [9.17, 15) is 4.79 Å². The number of benzene rings is 2. The van der Waals surface area contributed by atoms with Crippen molar-refractivity contribution in [2.75, 3.05) is 14.2 Å². The van der Waals surface area contributed by atoms with Gasteiger partial charge in [0.25, 0.3) is 0 Å². The Morgan fingerprint density at radius 2 is 1.82 bits per heavy atom. The van der Waals surface area contributed by atoms with Crippen LogP contribution in [0.2, 0.25) is 0 Å². The number of rotatable bonds is 4. The normalized spacial score (nSPS) is 17.3. The third kappa shape index (κ3) is 2.85. The quantitative estimate of drug-likeness (QED) is 0.813. The summed E-state index contributed by atoms with van der Waals surface area (Å²) in [6.45, 7) is 0. The van der Waals surface area contributed by atoms with E-state index in [0.29, 0.717) is 5.56 Å². The summed E-state index contributed by atoms with van der Waals surface area (Å²) in [6.07, 6.45) is 0. The van der Waals surface area contributed by atoms with Crippen LogP contribution in [0.3, 0.4) is 0 Å². The average Bonchev–Trinajstić information content (AvgIpc) is 2.97. The molecule has 112 valence electrons. The number of methoxy groups -OCH3 is 1. The maximum absolute atomic E-state index is 12.7. The second-order valence-corrected chi connectivity index (χ2v) is 5.98. The van der Waals surface area contributed by atoms with E-state index in [0.717, 1.165) is 16.4 Å². The third-order valence-corrected chi connectivity index (χ3v) is 4.71. The maximum atomic E-state index is 12.7. The molecule has 1 aliphatic heterocycles. The average molecular weight is 312 g/mol. The molecule has 2 aromatic rings. The van der Waals surface area contributed by atoms with Gasteiger partial charge in [0, 0.05) is 18.2 Å². The van der Waals surface area contributed by atoms with Crippen LogP contribution in [0, 0.1) is 0 Å². The smallest absolute Gasteiger partial charge is 0.197 e. The van der Waals surface area contributed by atoms with Crippen molar-refractivity contribution in [1.82, 2.24) is 5.01 Å². The number of nitrogens with zero attached hydrogens (tertiary/aromatic N) is 2. The van der Waals surface area contributed by atoms with Crippen molar-refractivity contribution in [2.24, 2.45) is 5.10 Å². The van der Waals surface area contributed by atoms with Crippen LogP contribution in [-0.4, -0.2) is 35.4 Å². The molecule has 1 heterocycles. The Morgan fingerprint density at radius 3 is 2.45 bits per heavy atom. The SMILES string of the molecule is COc1ccc(C(=O)C2SC(c3ccccc3)=NN2C)cc1. The van der Waals surface area contributed by atoms with Gasteiger partial charge < -0.3 is 4.74 Å². The van der Waals surface area contributed by atoms with Crippen LogP contribution in [0.25, 0.3) is 0 Å². The summed E-state index contributed by atoms with van der Waals surface area (Å²) in [4.78, 5) is 12.7. The Labute approximate surface area is 133 Å². The highest BCUT2D eigenvalue weighted by molar-refractivity contribution is 8.15. The molecule has 1 unspecified atom stereocenters. The van der Waals surface area contributed by atoms with Gasteiger partial charge in [-0.15, -0.1) is 0 Å². The number of hydrazone groups is 1. The van der Waals surface area contributed by atoms with Crippen LogP contribution in [-0.2, 0) is 0 Å². The van der Waals surface area contributed by atoms with Gasteiger partial charge in [0.1, 0.15) is 10.8 Å². The van der Waals surface area contributed by atoms with Gasteiger partial charge in [0.15, 0.2) is 11.2 Å². The molecule has 4 nitrogen and oxygen atoms in total. The number of carbonyl (C=O) groups excluding carboxylic acids is 1. The number of hydrogen-bond donors (Lipinski definition) is 0. The number of thioether (sulfide) groups is 1. The number of likely N-dealkylation sites (N-methyl/N-ethyl adjacent to an activating group) is 1. The van der Waals surface area contributed by atoms with E-state index in [-0.39, 0.29) is 11.2 Å². The monoisotopic (exact) mass is 312 g/mol. The van der Waals surface area contributed by atoms with Gasteiger partial charge in [0.05, 0.1) is 7.11 Å². The largest absolute Gasteiger partial charge is 0.497 e. The van der Waals surface area contributed by atoms with Crippen molar-refractivity contribution in [1.29, 1.82) is 0 Å². The van der Waals surface area contributed by atoms with Crippen LogP contribution < -0.4 is 4.74 Å². The molecule has 22 heavy (non-hydrogen) atoms. The minimum Gasteiger partial charge on any atom is -0.497 e. The summed E-state index contributed by atoms with van der Waals surface area (Å²) >= 11 is 1.48. The van der Waals surface area contributed by atoms with Crippen molar-refractivity contribution in [3.63, 3.8) is 0 Å². The first kappa shape index (κ1) is 14.7. The van der Waals surface area contributed by atoms with Gasteiger partial charge in [0.2, 0.25) is 0 Å². The molecule has 0 spiro atoms. The summed E-state index contributed by atoms with van der Waals surface area (Å²) in [6, 6.07) is 17.1. The Kier molecular flexibility index (Phi) is 4.15. The van der Waals surface area contributed by atoms with E-state index in [1.807, 2.05) is 37.4 Å². The summed E-state index contributed by atoms with van der Waals surface area (Å²) < 4.78 is 5.12. The van der Waals surface area contributed by atoms with E-state index in [2.05, 4.69) is 5.10 Å².